The first-order valence-corrected chi connectivity index (χ1v) is 7.51. The number of carbonyl (C=O) groups excluding carboxylic acids is 1. The lowest BCUT2D eigenvalue weighted by atomic mass is 9.98. The molecule has 1 aromatic heterocycles. The van der Waals surface area contributed by atoms with Gasteiger partial charge in [0.05, 0.1) is 24.5 Å². The van der Waals surface area contributed by atoms with Crippen LogP contribution < -0.4 is 0 Å². The Hall–Kier alpha value is -1.36. The Labute approximate surface area is 120 Å². The van der Waals surface area contributed by atoms with E-state index in [9.17, 15) is 4.79 Å². The average Bonchev–Trinajstić information content (AvgIpc) is 2.87. The van der Waals surface area contributed by atoms with Crippen LogP contribution in [0.25, 0.3) is 0 Å². The highest BCUT2D eigenvalue weighted by atomic mass is 16.5. The molecule has 1 atom stereocenters. The standard InChI is InChI=1S/C15H25N3O2/c1-4-20-15(19)13-6-5-7-17(9-13)10-14-8-16-11-18(14)12(2)3/h8,11-13H,4-7,9-10H2,1-3H3. The van der Waals surface area contributed by atoms with Crippen molar-refractivity contribution in [2.75, 3.05) is 19.7 Å². The molecule has 1 aliphatic heterocycles. The summed E-state index contributed by atoms with van der Waals surface area (Å²) in [6.07, 6.45) is 5.80. The molecule has 5 heteroatoms. The van der Waals surface area contributed by atoms with E-state index >= 15 is 0 Å². The summed E-state index contributed by atoms with van der Waals surface area (Å²) in [6, 6.07) is 0.415. The molecule has 0 bridgehead atoms. The first-order valence-electron chi connectivity index (χ1n) is 7.51. The molecule has 1 aromatic rings. The number of likely N-dealkylation sites (tertiary alicyclic amines) is 1. The molecular formula is C15H25N3O2. The fourth-order valence-corrected chi connectivity index (χ4v) is 2.80. The molecule has 0 aromatic carbocycles. The minimum Gasteiger partial charge on any atom is -0.466 e. The lowest BCUT2D eigenvalue weighted by Gasteiger charge is -2.31. The zero-order valence-corrected chi connectivity index (χ0v) is 12.7. The maximum Gasteiger partial charge on any atom is 0.310 e. The lowest BCUT2D eigenvalue weighted by molar-refractivity contribution is -0.150. The topological polar surface area (TPSA) is 47.4 Å². The van der Waals surface area contributed by atoms with E-state index in [2.05, 4.69) is 28.3 Å². The van der Waals surface area contributed by atoms with Gasteiger partial charge in [-0.15, -0.1) is 0 Å². The lowest BCUT2D eigenvalue weighted by Crippen LogP contribution is -2.39. The Morgan fingerprint density at radius 3 is 3.05 bits per heavy atom. The van der Waals surface area contributed by atoms with Crippen molar-refractivity contribution < 1.29 is 9.53 Å². The van der Waals surface area contributed by atoms with Gasteiger partial charge >= 0.3 is 5.97 Å². The molecule has 2 heterocycles. The molecular weight excluding hydrogens is 254 g/mol. The molecule has 0 radical (unpaired) electrons. The van der Waals surface area contributed by atoms with E-state index < -0.39 is 0 Å². The summed E-state index contributed by atoms with van der Waals surface area (Å²) < 4.78 is 7.33. The Kier molecular flexibility index (Phi) is 5.17. The molecule has 0 spiro atoms. The van der Waals surface area contributed by atoms with Crippen molar-refractivity contribution in [2.45, 2.75) is 46.2 Å². The van der Waals surface area contributed by atoms with Crippen molar-refractivity contribution in [3.8, 4) is 0 Å². The molecule has 20 heavy (non-hydrogen) atoms. The molecule has 5 nitrogen and oxygen atoms in total. The van der Waals surface area contributed by atoms with Crippen molar-refractivity contribution in [3.05, 3.63) is 18.2 Å². The number of imidazole rings is 1. The summed E-state index contributed by atoms with van der Waals surface area (Å²) in [4.78, 5) is 18.4. The number of nitrogens with zero attached hydrogens (tertiary/aromatic N) is 3. The van der Waals surface area contributed by atoms with E-state index in [0.717, 1.165) is 32.5 Å². The zero-order chi connectivity index (χ0) is 14.5. The van der Waals surface area contributed by atoms with Crippen molar-refractivity contribution in [3.63, 3.8) is 0 Å². The molecule has 1 aliphatic rings. The Morgan fingerprint density at radius 2 is 2.35 bits per heavy atom. The van der Waals surface area contributed by atoms with Gasteiger partial charge in [-0.2, -0.15) is 0 Å². The van der Waals surface area contributed by atoms with Crippen LogP contribution in [0.4, 0.5) is 0 Å². The van der Waals surface area contributed by atoms with Crippen LogP contribution in [0, 0.1) is 5.92 Å². The first-order chi connectivity index (χ1) is 9.61. The third-order valence-corrected chi connectivity index (χ3v) is 3.81. The highest BCUT2D eigenvalue weighted by molar-refractivity contribution is 5.72. The first kappa shape index (κ1) is 15.0. The summed E-state index contributed by atoms with van der Waals surface area (Å²) in [5, 5.41) is 0. The maximum absolute atomic E-state index is 11.9. The van der Waals surface area contributed by atoms with Crippen LogP contribution in [0.3, 0.4) is 0 Å². The molecule has 0 saturated carbocycles. The molecule has 112 valence electrons. The van der Waals surface area contributed by atoms with Gasteiger partial charge in [0.2, 0.25) is 0 Å². The number of hydrogen-bond donors (Lipinski definition) is 0. The highest BCUT2D eigenvalue weighted by Crippen LogP contribution is 2.20. The van der Waals surface area contributed by atoms with Gasteiger partial charge in [0.15, 0.2) is 0 Å². The fraction of sp³-hybridized carbons (Fsp3) is 0.733. The maximum atomic E-state index is 11.9. The van der Waals surface area contributed by atoms with Crippen LogP contribution >= 0.6 is 0 Å². The van der Waals surface area contributed by atoms with Gasteiger partial charge in [-0.05, 0) is 40.2 Å². The molecule has 0 N–H and O–H groups in total. The summed E-state index contributed by atoms with van der Waals surface area (Å²) in [5.41, 5.74) is 1.21. The third kappa shape index (κ3) is 3.60. The van der Waals surface area contributed by atoms with Gasteiger partial charge in [-0.3, -0.25) is 9.69 Å². The highest BCUT2D eigenvalue weighted by Gasteiger charge is 2.27. The fourth-order valence-electron chi connectivity index (χ4n) is 2.80. The second kappa shape index (κ2) is 6.88. The molecule has 2 rings (SSSR count). The monoisotopic (exact) mass is 279 g/mol. The van der Waals surface area contributed by atoms with E-state index in [4.69, 9.17) is 4.74 Å². The largest absolute Gasteiger partial charge is 0.466 e. The Morgan fingerprint density at radius 1 is 1.55 bits per heavy atom. The predicted molar refractivity (Wildman–Crippen MR) is 77.2 cm³/mol. The van der Waals surface area contributed by atoms with Crippen molar-refractivity contribution in [2.24, 2.45) is 5.92 Å². The second-order valence-corrected chi connectivity index (χ2v) is 5.71. The van der Waals surface area contributed by atoms with Gasteiger partial charge in [-0.25, -0.2) is 4.98 Å². The van der Waals surface area contributed by atoms with Crippen LogP contribution in [-0.2, 0) is 16.1 Å². The predicted octanol–water partition coefficient (Wildman–Crippen LogP) is 2.24. The molecule has 1 fully saturated rings. The van der Waals surface area contributed by atoms with E-state index in [-0.39, 0.29) is 11.9 Å². The van der Waals surface area contributed by atoms with Crippen LogP contribution in [0.2, 0.25) is 0 Å². The normalized spacial score (nSPS) is 20.3. The minimum absolute atomic E-state index is 0.0270. The van der Waals surface area contributed by atoms with E-state index in [1.165, 1.54) is 5.69 Å². The van der Waals surface area contributed by atoms with Gasteiger partial charge in [-0.1, -0.05) is 0 Å². The van der Waals surface area contributed by atoms with E-state index in [0.29, 0.717) is 12.6 Å². The van der Waals surface area contributed by atoms with E-state index in [1.807, 2.05) is 19.4 Å². The van der Waals surface area contributed by atoms with Gasteiger partial charge < -0.3 is 9.30 Å². The van der Waals surface area contributed by atoms with Gasteiger partial charge in [0.1, 0.15) is 0 Å². The molecule has 1 unspecified atom stereocenters. The average molecular weight is 279 g/mol. The second-order valence-electron chi connectivity index (χ2n) is 5.71. The number of hydrogen-bond acceptors (Lipinski definition) is 4. The Balaban J connectivity index is 1.96. The van der Waals surface area contributed by atoms with Crippen molar-refractivity contribution in [1.29, 1.82) is 0 Å². The van der Waals surface area contributed by atoms with Crippen LogP contribution in [-0.4, -0.2) is 40.1 Å². The third-order valence-electron chi connectivity index (χ3n) is 3.81. The van der Waals surface area contributed by atoms with E-state index in [1.54, 1.807) is 0 Å². The van der Waals surface area contributed by atoms with Gasteiger partial charge in [0.25, 0.3) is 0 Å². The summed E-state index contributed by atoms with van der Waals surface area (Å²) in [5.74, 6) is -0.0197. The Bertz CT molecular complexity index is 442. The van der Waals surface area contributed by atoms with Crippen molar-refractivity contribution in [1.82, 2.24) is 14.5 Å². The molecule has 1 saturated heterocycles. The quantitative estimate of drug-likeness (QED) is 0.776. The summed E-state index contributed by atoms with van der Waals surface area (Å²) in [7, 11) is 0. The number of aromatic nitrogens is 2. The smallest absolute Gasteiger partial charge is 0.310 e. The number of piperidine rings is 1. The number of carbonyl (C=O) groups is 1. The minimum atomic E-state index is -0.0467. The summed E-state index contributed by atoms with van der Waals surface area (Å²) in [6.45, 7) is 9.33. The SMILES string of the molecule is CCOC(=O)C1CCCN(Cc2cncn2C(C)C)C1. The molecule has 0 amide bonds. The van der Waals surface area contributed by atoms with Gasteiger partial charge in [0, 0.05) is 25.3 Å². The van der Waals surface area contributed by atoms with Crippen LogP contribution in [0.1, 0.15) is 45.3 Å². The van der Waals surface area contributed by atoms with Crippen LogP contribution in [0.15, 0.2) is 12.5 Å². The summed E-state index contributed by atoms with van der Waals surface area (Å²) >= 11 is 0. The number of esters is 1. The zero-order valence-electron chi connectivity index (χ0n) is 12.7. The van der Waals surface area contributed by atoms with Crippen LogP contribution in [0.5, 0.6) is 0 Å². The number of ether oxygens (including phenoxy) is 1. The van der Waals surface area contributed by atoms with Crippen molar-refractivity contribution >= 4 is 5.97 Å². The molecule has 0 aliphatic carbocycles. The number of rotatable bonds is 5.